The van der Waals surface area contributed by atoms with Crippen LogP contribution >= 0.6 is 0 Å². The number of rotatable bonds is 5. The Hall–Kier alpha value is -1.92. The molecule has 0 spiro atoms. The minimum atomic E-state index is -4.29. The van der Waals surface area contributed by atoms with Crippen molar-refractivity contribution in [1.82, 2.24) is 5.32 Å². The van der Waals surface area contributed by atoms with Gasteiger partial charge >= 0.3 is 6.18 Å². The number of amides is 1. The topological polar surface area (TPSA) is 64.3 Å². The highest BCUT2D eigenvalue weighted by Crippen LogP contribution is 2.22. The number of nitrogens with two attached hydrogens (primary N) is 1. The number of alkyl halides is 3. The van der Waals surface area contributed by atoms with Crippen LogP contribution in [-0.4, -0.2) is 25.2 Å². The van der Waals surface area contributed by atoms with E-state index >= 15 is 0 Å². The van der Waals surface area contributed by atoms with Crippen LogP contribution in [0.25, 0.3) is 0 Å². The van der Waals surface area contributed by atoms with Gasteiger partial charge in [0, 0.05) is 12.1 Å². The molecule has 0 fully saturated rings. The normalized spacial score (nSPS) is 11.2. The molecule has 0 heterocycles. The summed E-state index contributed by atoms with van der Waals surface area (Å²) in [6, 6.07) is 4.33. The Labute approximate surface area is 108 Å². The van der Waals surface area contributed by atoms with Crippen molar-refractivity contribution in [2.75, 3.05) is 18.9 Å². The maximum Gasteiger partial charge on any atom is 0.390 e. The van der Waals surface area contributed by atoms with Crippen molar-refractivity contribution in [2.45, 2.75) is 19.5 Å². The van der Waals surface area contributed by atoms with E-state index in [1.165, 1.54) is 18.2 Å². The Morgan fingerprint density at radius 2 is 2.11 bits per heavy atom. The van der Waals surface area contributed by atoms with Gasteiger partial charge in [-0.2, -0.15) is 13.2 Å². The van der Waals surface area contributed by atoms with Gasteiger partial charge in [0.25, 0.3) is 5.91 Å². The molecular weight excluding hydrogens is 261 g/mol. The molecule has 0 aliphatic rings. The number of nitrogen functional groups attached to an aromatic ring is 1. The van der Waals surface area contributed by atoms with Gasteiger partial charge in [0.1, 0.15) is 5.75 Å². The first kappa shape index (κ1) is 15.1. The van der Waals surface area contributed by atoms with E-state index in [9.17, 15) is 18.0 Å². The van der Waals surface area contributed by atoms with Crippen molar-refractivity contribution >= 4 is 11.6 Å². The Bertz CT molecular complexity index is 447. The third-order valence-electron chi connectivity index (χ3n) is 2.27. The number of ether oxygens (including phenoxy) is 1. The van der Waals surface area contributed by atoms with Crippen molar-refractivity contribution in [3.63, 3.8) is 0 Å². The van der Waals surface area contributed by atoms with E-state index in [1.54, 1.807) is 6.92 Å². The van der Waals surface area contributed by atoms with Crippen molar-refractivity contribution < 1.29 is 22.7 Å². The number of hydrogen-bond acceptors (Lipinski definition) is 3. The van der Waals surface area contributed by atoms with Crippen molar-refractivity contribution in [3.8, 4) is 5.75 Å². The summed E-state index contributed by atoms with van der Waals surface area (Å²) in [4.78, 5) is 11.6. The van der Waals surface area contributed by atoms with Crippen LogP contribution in [0.4, 0.5) is 18.9 Å². The summed E-state index contributed by atoms with van der Waals surface area (Å²) in [5.74, 6) is -0.159. The lowest BCUT2D eigenvalue weighted by molar-refractivity contribution is -0.132. The first-order valence-corrected chi connectivity index (χ1v) is 5.70. The predicted octanol–water partition coefficient (Wildman–Crippen LogP) is 2.35. The van der Waals surface area contributed by atoms with E-state index in [2.05, 4.69) is 5.32 Å². The fourth-order valence-electron chi connectivity index (χ4n) is 1.40. The largest absolute Gasteiger partial charge is 0.492 e. The number of halogens is 3. The molecule has 0 aliphatic carbocycles. The molecule has 1 rings (SSSR count). The van der Waals surface area contributed by atoms with Gasteiger partial charge in [-0.1, -0.05) is 0 Å². The van der Waals surface area contributed by atoms with E-state index in [0.717, 1.165) is 0 Å². The van der Waals surface area contributed by atoms with Gasteiger partial charge in [-0.25, -0.2) is 0 Å². The highest BCUT2D eigenvalue weighted by molar-refractivity contribution is 5.95. The fourth-order valence-corrected chi connectivity index (χ4v) is 1.40. The molecule has 0 bridgehead atoms. The van der Waals surface area contributed by atoms with Gasteiger partial charge < -0.3 is 15.8 Å². The van der Waals surface area contributed by atoms with E-state index in [4.69, 9.17) is 10.5 Å². The molecule has 106 valence electrons. The first-order chi connectivity index (χ1) is 8.83. The molecule has 1 aromatic carbocycles. The van der Waals surface area contributed by atoms with Crippen LogP contribution < -0.4 is 15.8 Å². The van der Waals surface area contributed by atoms with Gasteiger partial charge in [0.15, 0.2) is 0 Å². The average Bonchev–Trinajstić information content (AvgIpc) is 2.30. The monoisotopic (exact) mass is 276 g/mol. The Balaban J connectivity index is 2.60. The number of carbonyl (C=O) groups is 1. The summed E-state index contributed by atoms with van der Waals surface area (Å²) in [6.45, 7) is 1.76. The zero-order valence-electron chi connectivity index (χ0n) is 10.4. The predicted molar refractivity (Wildman–Crippen MR) is 65.0 cm³/mol. The molecule has 0 radical (unpaired) electrons. The Kier molecular flexibility index (Phi) is 5.02. The van der Waals surface area contributed by atoms with E-state index in [-0.39, 0.29) is 11.3 Å². The molecular formula is C12H15F3N2O2. The zero-order valence-corrected chi connectivity index (χ0v) is 10.4. The molecule has 0 saturated heterocycles. The molecule has 0 aromatic heterocycles. The van der Waals surface area contributed by atoms with Gasteiger partial charge in [-0.15, -0.1) is 0 Å². The van der Waals surface area contributed by atoms with Crippen LogP contribution in [0.2, 0.25) is 0 Å². The molecule has 4 nitrogen and oxygen atoms in total. The third kappa shape index (κ3) is 5.07. The van der Waals surface area contributed by atoms with Crippen LogP contribution in [0.15, 0.2) is 18.2 Å². The second kappa shape index (κ2) is 6.31. The highest BCUT2D eigenvalue weighted by atomic mass is 19.4. The molecule has 1 amide bonds. The van der Waals surface area contributed by atoms with E-state index in [0.29, 0.717) is 12.4 Å². The molecule has 0 atom stereocenters. The van der Waals surface area contributed by atoms with Crippen LogP contribution in [0.5, 0.6) is 5.75 Å². The van der Waals surface area contributed by atoms with E-state index in [1.807, 2.05) is 0 Å². The molecule has 3 N–H and O–H groups in total. The second-order valence-electron chi connectivity index (χ2n) is 3.81. The van der Waals surface area contributed by atoms with Gasteiger partial charge in [0.2, 0.25) is 0 Å². The van der Waals surface area contributed by atoms with Crippen LogP contribution in [0.3, 0.4) is 0 Å². The van der Waals surface area contributed by atoms with Gasteiger partial charge in [-0.05, 0) is 25.1 Å². The number of benzene rings is 1. The lowest BCUT2D eigenvalue weighted by Gasteiger charge is -2.10. The maximum atomic E-state index is 11.9. The lowest BCUT2D eigenvalue weighted by atomic mass is 10.1. The summed E-state index contributed by atoms with van der Waals surface area (Å²) < 4.78 is 41.0. The summed E-state index contributed by atoms with van der Waals surface area (Å²) in [6.07, 6.45) is -5.35. The zero-order chi connectivity index (χ0) is 14.5. The summed E-state index contributed by atoms with van der Waals surface area (Å²) >= 11 is 0. The van der Waals surface area contributed by atoms with Gasteiger partial charge in [-0.3, -0.25) is 4.79 Å². The first-order valence-electron chi connectivity index (χ1n) is 5.70. The minimum Gasteiger partial charge on any atom is -0.492 e. The summed E-state index contributed by atoms with van der Waals surface area (Å²) in [5, 5.41) is 2.18. The Morgan fingerprint density at radius 1 is 1.42 bits per heavy atom. The maximum absolute atomic E-state index is 11.9. The second-order valence-corrected chi connectivity index (χ2v) is 3.81. The number of hydrogen-bond donors (Lipinski definition) is 2. The summed E-state index contributed by atoms with van der Waals surface area (Å²) in [7, 11) is 0. The molecule has 0 aliphatic heterocycles. The Morgan fingerprint density at radius 3 is 2.63 bits per heavy atom. The molecule has 1 aromatic rings. The molecule has 7 heteroatoms. The third-order valence-corrected chi connectivity index (χ3v) is 2.27. The number of carbonyl (C=O) groups excluding carboxylic acids is 1. The standard InChI is InChI=1S/C12H15F3N2O2/c1-2-19-10-4-3-8(7-9(10)16)11(18)17-6-5-12(13,14)15/h3-4,7H,2,5-6,16H2,1H3,(H,17,18). The number of anilines is 1. The highest BCUT2D eigenvalue weighted by Gasteiger charge is 2.26. The van der Waals surface area contributed by atoms with Gasteiger partial charge in [0.05, 0.1) is 18.7 Å². The molecule has 0 saturated carbocycles. The fraction of sp³-hybridized carbons (Fsp3) is 0.417. The molecule has 0 unspecified atom stereocenters. The van der Waals surface area contributed by atoms with E-state index < -0.39 is 25.0 Å². The smallest absolute Gasteiger partial charge is 0.390 e. The number of nitrogens with one attached hydrogen (secondary N) is 1. The average molecular weight is 276 g/mol. The van der Waals surface area contributed by atoms with Crippen LogP contribution in [0.1, 0.15) is 23.7 Å². The minimum absolute atomic E-state index is 0.197. The quantitative estimate of drug-likeness (QED) is 0.811. The van der Waals surface area contributed by atoms with Crippen LogP contribution in [0, 0.1) is 0 Å². The molecule has 19 heavy (non-hydrogen) atoms. The van der Waals surface area contributed by atoms with Crippen molar-refractivity contribution in [3.05, 3.63) is 23.8 Å². The summed E-state index contributed by atoms with van der Waals surface area (Å²) in [5.41, 5.74) is 6.12. The SMILES string of the molecule is CCOc1ccc(C(=O)NCCC(F)(F)F)cc1N. The van der Waals surface area contributed by atoms with Crippen LogP contribution in [-0.2, 0) is 0 Å². The lowest BCUT2D eigenvalue weighted by Crippen LogP contribution is -2.27. The van der Waals surface area contributed by atoms with Crippen molar-refractivity contribution in [2.24, 2.45) is 0 Å². The van der Waals surface area contributed by atoms with Crippen molar-refractivity contribution in [1.29, 1.82) is 0 Å².